The molecular formula is C21H24N4O5. The van der Waals surface area contributed by atoms with Crippen LogP contribution in [0.15, 0.2) is 47.6 Å². The maximum atomic E-state index is 12.4. The first-order valence-electron chi connectivity index (χ1n) is 9.62. The Balaban J connectivity index is 1.46. The molecular weight excluding hydrogens is 388 g/mol. The Kier molecular flexibility index (Phi) is 6.97. The molecule has 0 aromatic heterocycles. The van der Waals surface area contributed by atoms with Crippen LogP contribution in [0.5, 0.6) is 11.5 Å². The lowest BCUT2D eigenvalue weighted by atomic mass is 9.96. The van der Waals surface area contributed by atoms with Crippen molar-refractivity contribution in [3.63, 3.8) is 0 Å². The molecule has 0 spiro atoms. The van der Waals surface area contributed by atoms with Gasteiger partial charge in [-0.15, -0.1) is 0 Å². The maximum Gasteiger partial charge on any atom is 0.269 e. The zero-order chi connectivity index (χ0) is 21.5. The van der Waals surface area contributed by atoms with E-state index in [1.807, 2.05) is 0 Å². The predicted octanol–water partition coefficient (Wildman–Crippen LogP) is 2.67. The molecule has 0 radical (unpaired) electrons. The number of non-ortho nitro benzene ring substituents is 1. The zero-order valence-electron chi connectivity index (χ0n) is 16.7. The first-order chi connectivity index (χ1) is 14.5. The van der Waals surface area contributed by atoms with Gasteiger partial charge in [0.1, 0.15) is 0 Å². The van der Waals surface area contributed by atoms with E-state index in [1.54, 1.807) is 30.3 Å². The van der Waals surface area contributed by atoms with E-state index in [1.165, 1.54) is 25.5 Å². The minimum absolute atomic E-state index is 0.0300. The molecule has 3 rings (SSSR count). The van der Waals surface area contributed by atoms with Crippen LogP contribution in [0.25, 0.3) is 0 Å². The number of nitrogens with one attached hydrogen (secondary N) is 1. The molecule has 0 aliphatic carbocycles. The van der Waals surface area contributed by atoms with Crippen LogP contribution in [-0.4, -0.2) is 47.3 Å². The van der Waals surface area contributed by atoms with Crippen molar-refractivity contribution >= 4 is 17.8 Å². The van der Waals surface area contributed by atoms with Gasteiger partial charge in [-0.1, -0.05) is 18.2 Å². The number of benzene rings is 2. The smallest absolute Gasteiger partial charge is 0.269 e. The van der Waals surface area contributed by atoms with Crippen LogP contribution < -0.4 is 10.2 Å². The highest BCUT2D eigenvalue weighted by molar-refractivity contribution is 5.86. The molecule has 9 nitrogen and oxygen atoms in total. The van der Waals surface area contributed by atoms with Crippen molar-refractivity contribution in [2.45, 2.75) is 19.4 Å². The minimum atomic E-state index is -0.411. The lowest BCUT2D eigenvalue weighted by molar-refractivity contribution is -0.384. The molecule has 2 aromatic carbocycles. The molecule has 2 aromatic rings. The molecule has 0 bridgehead atoms. The summed E-state index contributed by atoms with van der Waals surface area (Å²) >= 11 is 0. The Hall–Kier alpha value is -3.46. The summed E-state index contributed by atoms with van der Waals surface area (Å²) in [4.78, 5) is 24.9. The Bertz CT molecular complexity index is 921. The molecule has 0 atom stereocenters. The summed E-state index contributed by atoms with van der Waals surface area (Å²) in [6, 6.07) is 11.6. The number of carbonyl (C=O) groups is 1. The van der Waals surface area contributed by atoms with Crippen molar-refractivity contribution in [1.29, 1.82) is 0 Å². The minimum Gasteiger partial charge on any atom is -0.504 e. The van der Waals surface area contributed by atoms with E-state index in [0.29, 0.717) is 30.7 Å². The monoisotopic (exact) mass is 412 g/mol. The summed E-state index contributed by atoms with van der Waals surface area (Å²) in [6.45, 7) is 2.21. The van der Waals surface area contributed by atoms with Crippen molar-refractivity contribution in [3.8, 4) is 11.5 Å². The number of nitro groups is 1. The lowest BCUT2D eigenvalue weighted by Crippen LogP contribution is -2.39. The summed E-state index contributed by atoms with van der Waals surface area (Å²) in [5.41, 5.74) is 4.08. The third-order valence-corrected chi connectivity index (χ3v) is 5.14. The largest absolute Gasteiger partial charge is 0.504 e. The van der Waals surface area contributed by atoms with Crippen LogP contribution in [0, 0.1) is 16.0 Å². The van der Waals surface area contributed by atoms with Crippen molar-refractivity contribution in [3.05, 3.63) is 63.7 Å². The number of nitro benzene ring substituents is 1. The fourth-order valence-electron chi connectivity index (χ4n) is 3.40. The second-order valence-electron chi connectivity index (χ2n) is 7.11. The summed E-state index contributed by atoms with van der Waals surface area (Å²) in [5.74, 6) is 0.0287. The molecule has 1 fully saturated rings. The van der Waals surface area contributed by atoms with Crippen molar-refractivity contribution in [1.82, 2.24) is 10.3 Å². The number of rotatable bonds is 7. The van der Waals surface area contributed by atoms with Gasteiger partial charge in [-0.05, 0) is 43.6 Å². The third-order valence-electron chi connectivity index (χ3n) is 5.14. The number of piperidine rings is 1. The highest BCUT2D eigenvalue weighted by atomic mass is 16.6. The molecule has 2 N–H and O–H groups in total. The average Bonchev–Trinajstić information content (AvgIpc) is 2.75. The quantitative estimate of drug-likeness (QED) is 0.410. The van der Waals surface area contributed by atoms with Gasteiger partial charge in [0.05, 0.1) is 18.2 Å². The molecule has 0 unspecified atom stereocenters. The molecule has 1 saturated heterocycles. The number of para-hydroxylation sites is 1. The van der Waals surface area contributed by atoms with Crippen LogP contribution in [0.3, 0.4) is 0 Å². The maximum absolute atomic E-state index is 12.4. The number of hydrogen-bond acceptors (Lipinski definition) is 7. The van der Waals surface area contributed by atoms with Crippen molar-refractivity contribution < 1.29 is 19.6 Å². The molecule has 9 heteroatoms. The molecule has 158 valence electrons. The molecule has 1 aliphatic rings. The molecule has 1 aliphatic heterocycles. The van der Waals surface area contributed by atoms with Gasteiger partial charge in [-0.3, -0.25) is 19.8 Å². The first-order valence-corrected chi connectivity index (χ1v) is 9.62. The van der Waals surface area contributed by atoms with E-state index in [2.05, 4.69) is 15.4 Å². The van der Waals surface area contributed by atoms with Gasteiger partial charge in [-0.25, -0.2) is 5.43 Å². The number of phenols is 1. The van der Waals surface area contributed by atoms with Gasteiger partial charge in [0.25, 0.3) is 5.69 Å². The van der Waals surface area contributed by atoms with Crippen molar-refractivity contribution in [2.24, 2.45) is 11.0 Å². The fourth-order valence-corrected chi connectivity index (χ4v) is 3.40. The highest BCUT2D eigenvalue weighted by Gasteiger charge is 2.25. The summed E-state index contributed by atoms with van der Waals surface area (Å²) in [5, 5.41) is 24.7. The number of phenolic OH excluding ortho intramolecular Hbond substituents is 1. The Labute approximate surface area is 174 Å². The van der Waals surface area contributed by atoms with Gasteiger partial charge in [-0.2, -0.15) is 5.10 Å². The van der Waals surface area contributed by atoms with Crippen molar-refractivity contribution in [2.75, 3.05) is 20.2 Å². The number of methoxy groups -OCH3 is 1. The summed E-state index contributed by atoms with van der Waals surface area (Å²) in [7, 11) is 1.46. The number of aromatic hydroxyl groups is 1. The standard InChI is InChI=1S/C21H24N4O5/c1-30-19-4-2-3-17(20(19)26)13-22-23-21(27)16-9-11-24(12-10-16)14-15-5-7-18(8-6-15)25(28)29/h2-8,13,16,26H,9-12,14H2,1H3,(H,23,27)/b22-13+. The highest BCUT2D eigenvalue weighted by Crippen LogP contribution is 2.28. The van der Waals surface area contributed by atoms with E-state index < -0.39 is 4.92 Å². The van der Waals surface area contributed by atoms with Gasteiger partial charge in [0.15, 0.2) is 11.5 Å². The first kappa shape index (κ1) is 21.3. The van der Waals surface area contributed by atoms with Crippen LogP contribution in [0.4, 0.5) is 5.69 Å². The van der Waals surface area contributed by atoms with Crippen LogP contribution in [0.1, 0.15) is 24.0 Å². The second-order valence-corrected chi connectivity index (χ2v) is 7.11. The number of carbonyl (C=O) groups excluding carboxylic acids is 1. The van der Waals surface area contributed by atoms with E-state index in [4.69, 9.17) is 4.74 Å². The molecule has 0 saturated carbocycles. The van der Waals surface area contributed by atoms with Gasteiger partial charge in [0.2, 0.25) is 5.91 Å². The number of likely N-dealkylation sites (tertiary alicyclic amines) is 1. The van der Waals surface area contributed by atoms with Gasteiger partial charge < -0.3 is 9.84 Å². The molecule has 1 heterocycles. The topological polar surface area (TPSA) is 117 Å². The fraction of sp³-hybridized carbons (Fsp3) is 0.333. The van der Waals surface area contributed by atoms with E-state index in [-0.39, 0.29) is 23.3 Å². The van der Waals surface area contributed by atoms with Crippen LogP contribution in [-0.2, 0) is 11.3 Å². The SMILES string of the molecule is COc1cccc(/C=N/NC(=O)C2CCN(Cc3ccc([N+](=O)[O-])cc3)CC2)c1O. The number of hydrazone groups is 1. The summed E-state index contributed by atoms with van der Waals surface area (Å²) in [6.07, 6.45) is 2.80. The third kappa shape index (κ3) is 5.32. The van der Waals surface area contributed by atoms with E-state index in [9.17, 15) is 20.0 Å². The van der Waals surface area contributed by atoms with Crippen LogP contribution in [0.2, 0.25) is 0 Å². The Morgan fingerprint density at radius 3 is 2.63 bits per heavy atom. The number of ether oxygens (including phenoxy) is 1. The van der Waals surface area contributed by atoms with Crippen LogP contribution >= 0.6 is 0 Å². The van der Waals surface area contributed by atoms with Gasteiger partial charge >= 0.3 is 0 Å². The lowest BCUT2D eigenvalue weighted by Gasteiger charge is -2.30. The second kappa shape index (κ2) is 9.84. The Morgan fingerprint density at radius 2 is 2.00 bits per heavy atom. The summed E-state index contributed by atoms with van der Waals surface area (Å²) < 4.78 is 5.04. The average molecular weight is 412 g/mol. The number of amides is 1. The molecule has 30 heavy (non-hydrogen) atoms. The number of hydrogen-bond donors (Lipinski definition) is 2. The number of nitrogens with zero attached hydrogens (tertiary/aromatic N) is 3. The van der Waals surface area contributed by atoms with E-state index in [0.717, 1.165) is 18.7 Å². The Morgan fingerprint density at radius 1 is 1.30 bits per heavy atom. The van der Waals surface area contributed by atoms with Gasteiger partial charge in [0, 0.05) is 30.2 Å². The zero-order valence-corrected chi connectivity index (χ0v) is 16.7. The normalized spacial score (nSPS) is 15.2. The van der Waals surface area contributed by atoms with E-state index >= 15 is 0 Å². The predicted molar refractivity (Wildman–Crippen MR) is 111 cm³/mol. The molecule has 1 amide bonds.